The molecule has 0 spiro atoms. The van der Waals surface area contributed by atoms with Crippen LogP contribution in [0.1, 0.15) is 24.0 Å². The summed E-state index contributed by atoms with van der Waals surface area (Å²) < 4.78 is 25.6. The van der Waals surface area contributed by atoms with E-state index in [1.165, 1.54) is 10.6 Å². The Morgan fingerprint density at radius 2 is 1.85 bits per heavy atom. The number of halogens is 1. The Hall–Kier alpha value is -2.05. The number of amides is 1. The quantitative estimate of drug-likeness (QED) is 0.767. The SMILES string of the molecule is Cc1ccc(N(CCCC(=O)Nc2cccc(Cl)c2)S(C)(=O)=O)cc1C. The number of carbonyl (C=O) groups excluding carboxylic acids is 1. The van der Waals surface area contributed by atoms with Gasteiger partial charge in [-0.2, -0.15) is 0 Å². The standard InChI is InChI=1S/C19H23ClN2O3S/c1-14-9-10-18(12-15(14)2)22(26(3,24)25)11-5-8-19(23)21-17-7-4-6-16(20)13-17/h4,6-7,9-10,12-13H,5,8,11H2,1-3H3,(H,21,23). The van der Waals surface area contributed by atoms with Crippen molar-refractivity contribution in [1.29, 1.82) is 0 Å². The highest BCUT2D eigenvalue weighted by molar-refractivity contribution is 7.92. The van der Waals surface area contributed by atoms with Crippen molar-refractivity contribution >= 4 is 38.9 Å². The van der Waals surface area contributed by atoms with E-state index < -0.39 is 10.0 Å². The predicted octanol–water partition coefficient (Wildman–Crippen LogP) is 4.14. The van der Waals surface area contributed by atoms with Crippen LogP contribution in [0.5, 0.6) is 0 Å². The summed E-state index contributed by atoms with van der Waals surface area (Å²) >= 11 is 5.89. The summed E-state index contributed by atoms with van der Waals surface area (Å²) in [6, 6.07) is 12.4. The monoisotopic (exact) mass is 394 g/mol. The van der Waals surface area contributed by atoms with Gasteiger partial charge in [-0.05, 0) is 61.7 Å². The second-order valence-corrected chi connectivity index (χ2v) is 8.61. The molecule has 0 aromatic heterocycles. The van der Waals surface area contributed by atoms with Crippen molar-refractivity contribution in [3.63, 3.8) is 0 Å². The van der Waals surface area contributed by atoms with Gasteiger partial charge in [-0.15, -0.1) is 0 Å². The van der Waals surface area contributed by atoms with E-state index in [-0.39, 0.29) is 18.9 Å². The summed E-state index contributed by atoms with van der Waals surface area (Å²) in [6.45, 7) is 4.16. The van der Waals surface area contributed by atoms with Gasteiger partial charge in [-0.3, -0.25) is 9.10 Å². The molecule has 1 N–H and O–H groups in total. The van der Waals surface area contributed by atoms with Crippen LogP contribution in [0, 0.1) is 13.8 Å². The third-order valence-corrected chi connectivity index (χ3v) is 5.48. The summed E-state index contributed by atoms with van der Waals surface area (Å²) in [5.74, 6) is -0.180. The van der Waals surface area contributed by atoms with Crippen LogP contribution >= 0.6 is 11.6 Å². The molecule has 0 radical (unpaired) electrons. The number of nitrogens with one attached hydrogen (secondary N) is 1. The van der Waals surface area contributed by atoms with Crippen LogP contribution in [0.3, 0.4) is 0 Å². The topological polar surface area (TPSA) is 66.5 Å². The van der Waals surface area contributed by atoms with Crippen molar-refractivity contribution in [3.8, 4) is 0 Å². The van der Waals surface area contributed by atoms with Gasteiger partial charge in [0.2, 0.25) is 15.9 Å². The van der Waals surface area contributed by atoms with Crippen LogP contribution in [-0.2, 0) is 14.8 Å². The molecule has 0 atom stereocenters. The number of carbonyl (C=O) groups is 1. The summed E-state index contributed by atoms with van der Waals surface area (Å²) in [5.41, 5.74) is 3.36. The first-order valence-electron chi connectivity index (χ1n) is 8.27. The number of hydrogen-bond acceptors (Lipinski definition) is 3. The lowest BCUT2D eigenvalue weighted by Gasteiger charge is -2.23. The molecule has 7 heteroatoms. The van der Waals surface area contributed by atoms with Crippen LogP contribution in [-0.4, -0.2) is 27.1 Å². The molecule has 0 aliphatic heterocycles. The highest BCUT2D eigenvalue weighted by Gasteiger charge is 2.18. The minimum atomic E-state index is -3.43. The van der Waals surface area contributed by atoms with Gasteiger partial charge in [-0.1, -0.05) is 23.7 Å². The smallest absolute Gasteiger partial charge is 0.232 e. The molecule has 0 saturated carbocycles. The minimum Gasteiger partial charge on any atom is -0.326 e. The van der Waals surface area contributed by atoms with E-state index in [0.717, 1.165) is 11.1 Å². The number of sulfonamides is 1. The van der Waals surface area contributed by atoms with Crippen LogP contribution in [0.4, 0.5) is 11.4 Å². The third kappa shape index (κ3) is 5.75. The maximum absolute atomic E-state index is 12.1. The number of rotatable bonds is 7. The van der Waals surface area contributed by atoms with Gasteiger partial charge in [0.15, 0.2) is 0 Å². The van der Waals surface area contributed by atoms with Crippen molar-refractivity contribution in [2.45, 2.75) is 26.7 Å². The largest absolute Gasteiger partial charge is 0.326 e. The summed E-state index contributed by atoms with van der Waals surface area (Å²) in [7, 11) is -3.43. The van der Waals surface area contributed by atoms with E-state index in [2.05, 4.69) is 5.32 Å². The van der Waals surface area contributed by atoms with E-state index in [9.17, 15) is 13.2 Å². The zero-order valence-corrected chi connectivity index (χ0v) is 16.7. The molecule has 26 heavy (non-hydrogen) atoms. The van der Waals surface area contributed by atoms with Gasteiger partial charge in [0, 0.05) is 23.7 Å². The molecule has 0 unspecified atom stereocenters. The van der Waals surface area contributed by atoms with E-state index in [1.54, 1.807) is 30.3 Å². The molecule has 140 valence electrons. The maximum atomic E-state index is 12.1. The van der Waals surface area contributed by atoms with Crippen molar-refractivity contribution in [1.82, 2.24) is 0 Å². The second-order valence-electron chi connectivity index (χ2n) is 6.27. The van der Waals surface area contributed by atoms with Gasteiger partial charge in [-0.25, -0.2) is 8.42 Å². The van der Waals surface area contributed by atoms with Crippen molar-refractivity contribution < 1.29 is 13.2 Å². The van der Waals surface area contributed by atoms with Gasteiger partial charge in [0.1, 0.15) is 0 Å². The molecular formula is C19H23ClN2O3S. The van der Waals surface area contributed by atoms with Gasteiger partial charge >= 0.3 is 0 Å². The molecule has 2 aromatic carbocycles. The van der Waals surface area contributed by atoms with E-state index >= 15 is 0 Å². The van der Waals surface area contributed by atoms with Gasteiger partial charge in [0.25, 0.3) is 0 Å². The average molecular weight is 395 g/mol. The lowest BCUT2D eigenvalue weighted by Crippen LogP contribution is -2.31. The third-order valence-electron chi connectivity index (χ3n) is 4.05. The highest BCUT2D eigenvalue weighted by atomic mass is 35.5. The lowest BCUT2D eigenvalue weighted by atomic mass is 10.1. The summed E-state index contributed by atoms with van der Waals surface area (Å²) in [6.07, 6.45) is 1.80. The Balaban J connectivity index is 1.99. The Kier molecular flexibility index (Phi) is 6.67. The van der Waals surface area contributed by atoms with Gasteiger partial charge < -0.3 is 5.32 Å². The van der Waals surface area contributed by atoms with Crippen molar-refractivity contribution in [2.24, 2.45) is 0 Å². The van der Waals surface area contributed by atoms with Crippen LogP contribution < -0.4 is 9.62 Å². The fourth-order valence-electron chi connectivity index (χ4n) is 2.54. The fourth-order valence-corrected chi connectivity index (χ4v) is 3.69. The van der Waals surface area contributed by atoms with Crippen molar-refractivity contribution in [3.05, 3.63) is 58.6 Å². The molecule has 2 aromatic rings. The summed E-state index contributed by atoms with van der Waals surface area (Å²) in [4.78, 5) is 12.1. The zero-order chi connectivity index (χ0) is 19.3. The average Bonchev–Trinajstić information content (AvgIpc) is 2.53. The molecule has 2 rings (SSSR count). The number of anilines is 2. The minimum absolute atomic E-state index is 0.180. The Labute approximate surface area is 160 Å². The first-order chi connectivity index (χ1) is 12.2. The zero-order valence-electron chi connectivity index (χ0n) is 15.1. The van der Waals surface area contributed by atoms with Crippen LogP contribution in [0.25, 0.3) is 0 Å². The van der Waals surface area contributed by atoms with Crippen LogP contribution in [0.2, 0.25) is 5.02 Å². The number of aryl methyl sites for hydroxylation is 2. The van der Waals surface area contributed by atoms with Gasteiger partial charge in [0.05, 0.1) is 11.9 Å². The second kappa shape index (κ2) is 8.56. The molecule has 0 heterocycles. The number of benzene rings is 2. The number of nitrogens with zero attached hydrogens (tertiary/aromatic N) is 1. The first-order valence-corrected chi connectivity index (χ1v) is 10.5. The van der Waals surface area contributed by atoms with Crippen LogP contribution in [0.15, 0.2) is 42.5 Å². The predicted molar refractivity (Wildman–Crippen MR) is 107 cm³/mol. The van der Waals surface area contributed by atoms with E-state index in [1.807, 2.05) is 26.0 Å². The number of hydrogen-bond donors (Lipinski definition) is 1. The molecule has 1 amide bonds. The fraction of sp³-hybridized carbons (Fsp3) is 0.316. The highest BCUT2D eigenvalue weighted by Crippen LogP contribution is 2.22. The Bertz CT molecular complexity index is 897. The molecular weight excluding hydrogens is 372 g/mol. The molecule has 0 fully saturated rings. The molecule has 5 nitrogen and oxygen atoms in total. The van der Waals surface area contributed by atoms with E-state index in [0.29, 0.717) is 22.8 Å². The molecule has 0 aliphatic carbocycles. The Morgan fingerprint density at radius 1 is 1.12 bits per heavy atom. The Morgan fingerprint density at radius 3 is 2.46 bits per heavy atom. The maximum Gasteiger partial charge on any atom is 0.232 e. The molecule has 0 bridgehead atoms. The lowest BCUT2D eigenvalue weighted by molar-refractivity contribution is -0.116. The summed E-state index contributed by atoms with van der Waals surface area (Å²) in [5, 5.41) is 3.30. The molecule has 0 aliphatic rings. The first kappa shape index (κ1) is 20.3. The molecule has 0 saturated heterocycles. The normalized spacial score (nSPS) is 11.2. The van der Waals surface area contributed by atoms with Crippen molar-refractivity contribution in [2.75, 3.05) is 22.4 Å². The van der Waals surface area contributed by atoms with E-state index in [4.69, 9.17) is 11.6 Å².